The Labute approximate surface area is 92.8 Å². The van der Waals surface area contributed by atoms with Crippen LogP contribution in [-0.2, 0) is 19.1 Å². The minimum absolute atomic E-state index is 0.564. The summed E-state index contributed by atoms with van der Waals surface area (Å²) in [5.41, 5.74) is 5.06. The minimum atomic E-state index is -5.17. The number of ether oxygens (including phenoxy) is 1. The second-order valence-corrected chi connectivity index (χ2v) is 3.06. The van der Waals surface area contributed by atoms with Crippen LogP contribution in [0.1, 0.15) is 0 Å². The third-order valence-corrected chi connectivity index (χ3v) is 1.75. The number of esters is 1. The van der Waals surface area contributed by atoms with Gasteiger partial charge in [0.05, 0.1) is 6.54 Å². The van der Waals surface area contributed by atoms with E-state index in [-0.39, 0.29) is 0 Å². The van der Waals surface area contributed by atoms with Crippen LogP contribution in [0.15, 0.2) is 12.2 Å². The summed E-state index contributed by atoms with van der Waals surface area (Å²) >= 11 is 0. The molecular formula is C8H7F3N2O4. The van der Waals surface area contributed by atoms with E-state index >= 15 is 0 Å². The third-order valence-electron chi connectivity index (χ3n) is 1.75. The molecule has 1 aliphatic rings. The van der Waals surface area contributed by atoms with Crippen molar-refractivity contribution in [2.45, 2.75) is 12.4 Å². The zero-order chi connectivity index (χ0) is 13.2. The number of imide groups is 1. The predicted molar refractivity (Wildman–Crippen MR) is 46.0 cm³/mol. The molecule has 0 fully saturated rings. The monoisotopic (exact) mass is 252 g/mol. The molecule has 1 unspecified atom stereocenters. The smallest absolute Gasteiger partial charge is 0.438 e. The van der Waals surface area contributed by atoms with E-state index < -0.39 is 36.7 Å². The van der Waals surface area contributed by atoms with Gasteiger partial charge < -0.3 is 4.74 Å². The van der Waals surface area contributed by atoms with Crippen molar-refractivity contribution in [2.24, 2.45) is 5.73 Å². The molecule has 0 aromatic rings. The molecule has 0 bridgehead atoms. The number of rotatable bonds is 3. The Morgan fingerprint density at radius 3 is 2.24 bits per heavy atom. The summed E-state index contributed by atoms with van der Waals surface area (Å²) in [6, 6.07) is 0. The Morgan fingerprint density at radius 2 is 1.82 bits per heavy atom. The van der Waals surface area contributed by atoms with Gasteiger partial charge in [0, 0.05) is 12.2 Å². The number of halogens is 3. The van der Waals surface area contributed by atoms with Gasteiger partial charge in [0.2, 0.25) is 0 Å². The molecule has 0 aromatic carbocycles. The first-order chi connectivity index (χ1) is 7.71. The molecule has 94 valence electrons. The van der Waals surface area contributed by atoms with Crippen LogP contribution in [0.25, 0.3) is 0 Å². The van der Waals surface area contributed by atoms with Crippen LogP contribution in [0.3, 0.4) is 0 Å². The molecule has 9 heteroatoms. The van der Waals surface area contributed by atoms with Crippen molar-refractivity contribution < 1.29 is 32.3 Å². The van der Waals surface area contributed by atoms with Crippen LogP contribution in [0.4, 0.5) is 13.2 Å². The van der Waals surface area contributed by atoms with E-state index in [1.807, 2.05) is 0 Å². The van der Waals surface area contributed by atoms with Gasteiger partial charge in [-0.3, -0.25) is 20.2 Å². The zero-order valence-corrected chi connectivity index (χ0v) is 8.23. The average Bonchev–Trinajstić information content (AvgIpc) is 2.48. The standard InChI is InChI=1S/C8H7F3N2O4/c9-8(10,11)7(16)17-4(12)3-13-5(14)1-2-6(13)15/h1-2,4H,3,12H2. The molecule has 0 saturated heterocycles. The van der Waals surface area contributed by atoms with Gasteiger partial charge in [0.25, 0.3) is 11.8 Å². The first-order valence-corrected chi connectivity index (χ1v) is 4.28. The third kappa shape index (κ3) is 3.28. The fourth-order valence-electron chi connectivity index (χ4n) is 1.03. The molecule has 0 radical (unpaired) electrons. The Bertz CT molecular complexity index is 373. The van der Waals surface area contributed by atoms with Crippen LogP contribution in [0.5, 0.6) is 0 Å². The van der Waals surface area contributed by atoms with Crippen LogP contribution in [0, 0.1) is 0 Å². The van der Waals surface area contributed by atoms with Crippen molar-refractivity contribution in [3.63, 3.8) is 0 Å². The fraction of sp³-hybridized carbons (Fsp3) is 0.375. The molecule has 2 amide bonds. The van der Waals surface area contributed by atoms with Crippen molar-refractivity contribution in [2.75, 3.05) is 6.54 Å². The van der Waals surface area contributed by atoms with E-state index in [2.05, 4.69) is 4.74 Å². The van der Waals surface area contributed by atoms with Crippen LogP contribution in [0.2, 0.25) is 0 Å². The highest BCUT2D eigenvalue weighted by atomic mass is 19.4. The van der Waals surface area contributed by atoms with E-state index in [1.165, 1.54) is 0 Å². The van der Waals surface area contributed by atoms with Crippen molar-refractivity contribution in [3.05, 3.63) is 12.2 Å². The van der Waals surface area contributed by atoms with Gasteiger partial charge >= 0.3 is 12.1 Å². The molecule has 0 spiro atoms. The fourth-order valence-corrected chi connectivity index (χ4v) is 1.03. The SMILES string of the molecule is NC(CN1C(=O)C=CC1=O)OC(=O)C(F)(F)F. The first-order valence-electron chi connectivity index (χ1n) is 4.28. The van der Waals surface area contributed by atoms with Gasteiger partial charge in [0.1, 0.15) is 0 Å². The zero-order valence-electron chi connectivity index (χ0n) is 8.23. The van der Waals surface area contributed by atoms with Crippen LogP contribution >= 0.6 is 0 Å². The maximum absolute atomic E-state index is 11.8. The molecule has 2 N–H and O–H groups in total. The number of amides is 2. The lowest BCUT2D eigenvalue weighted by Gasteiger charge is -2.19. The molecule has 1 atom stereocenters. The summed E-state index contributed by atoms with van der Waals surface area (Å²) < 4.78 is 39.2. The summed E-state index contributed by atoms with van der Waals surface area (Å²) in [5.74, 6) is -3.93. The highest BCUT2D eigenvalue weighted by molar-refractivity contribution is 6.12. The second-order valence-electron chi connectivity index (χ2n) is 3.06. The number of carbonyl (C=O) groups is 3. The summed E-state index contributed by atoms with van der Waals surface area (Å²) in [6.45, 7) is -0.632. The Kier molecular flexibility index (Phi) is 3.51. The number of nitrogens with two attached hydrogens (primary N) is 1. The van der Waals surface area contributed by atoms with Crippen molar-refractivity contribution >= 4 is 17.8 Å². The molecule has 6 nitrogen and oxygen atoms in total. The molecule has 0 saturated carbocycles. The van der Waals surface area contributed by atoms with Crippen LogP contribution in [-0.4, -0.2) is 41.6 Å². The number of nitrogens with zero attached hydrogens (tertiary/aromatic N) is 1. The summed E-state index contributed by atoms with van der Waals surface area (Å²) in [6.07, 6.45) is -5.03. The lowest BCUT2D eigenvalue weighted by Crippen LogP contribution is -2.45. The van der Waals surface area contributed by atoms with Gasteiger partial charge in [-0.05, 0) is 0 Å². The highest BCUT2D eigenvalue weighted by Crippen LogP contribution is 2.17. The van der Waals surface area contributed by atoms with Crippen molar-refractivity contribution in [1.29, 1.82) is 0 Å². The van der Waals surface area contributed by atoms with E-state index in [0.717, 1.165) is 12.2 Å². The van der Waals surface area contributed by atoms with Crippen molar-refractivity contribution in [3.8, 4) is 0 Å². The second kappa shape index (κ2) is 4.53. The van der Waals surface area contributed by atoms with E-state index in [9.17, 15) is 27.6 Å². The predicted octanol–water partition coefficient (Wildman–Crippen LogP) is -0.698. The summed E-state index contributed by atoms with van der Waals surface area (Å²) in [4.78, 5) is 33.0. The molecule has 17 heavy (non-hydrogen) atoms. The maximum atomic E-state index is 11.8. The number of alkyl halides is 3. The Hall–Kier alpha value is -1.90. The Balaban J connectivity index is 2.51. The van der Waals surface area contributed by atoms with Gasteiger partial charge in [-0.15, -0.1) is 0 Å². The topological polar surface area (TPSA) is 89.7 Å². The first kappa shape index (κ1) is 13.2. The number of hydrogen-bond donors (Lipinski definition) is 1. The normalized spacial score (nSPS) is 17.5. The van der Waals surface area contributed by atoms with Crippen molar-refractivity contribution in [1.82, 2.24) is 4.90 Å². The summed E-state index contributed by atoms with van der Waals surface area (Å²) in [7, 11) is 0. The number of carbonyl (C=O) groups excluding carboxylic acids is 3. The quantitative estimate of drug-likeness (QED) is 0.407. The highest BCUT2D eigenvalue weighted by Gasteiger charge is 2.42. The van der Waals surface area contributed by atoms with Gasteiger partial charge in [0.15, 0.2) is 6.23 Å². The number of hydrogen-bond acceptors (Lipinski definition) is 5. The lowest BCUT2D eigenvalue weighted by atomic mass is 10.4. The maximum Gasteiger partial charge on any atom is 0.490 e. The van der Waals surface area contributed by atoms with E-state index in [1.54, 1.807) is 0 Å². The van der Waals surface area contributed by atoms with Gasteiger partial charge in [-0.1, -0.05) is 0 Å². The largest absolute Gasteiger partial charge is 0.490 e. The lowest BCUT2D eigenvalue weighted by molar-refractivity contribution is -0.205. The van der Waals surface area contributed by atoms with Gasteiger partial charge in [-0.2, -0.15) is 13.2 Å². The average molecular weight is 252 g/mol. The van der Waals surface area contributed by atoms with Gasteiger partial charge in [-0.25, -0.2) is 4.79 Å². The molecule has 0 aliphatic carbocycles. The van der Waals surface area contributed by atoms with E-state index in [0.29, 0.717) is 4.90 Å². The molecule has 1 heterocycles. The summed E-state index contributed by atoms with van der Waals surface area (Å²) in [5, 5.41) is 0. The molecular weight excluding hydrogens is 245 g/mol. The van der Waals surface area contributed by atoms with E-state index in [4.69, 9.17) is 5.73 Å². The molecule has 0 aromatic heterocycles. The minimum Gasteiger partial charge on any atom is -0.438 e. The molecule has 1 rings (SSSR count). The van der Waals surface area contributed by atoms with Crippen LogP contribution < -0.4 is 5.73 Å². The Morgan fingerprint density at radius 1 is 1.35 bits per heavy atom. The molecule has 1 aliphatic heterocycles.